The van der Waals surface area contributed by atoms with Crippen molar-refractivity contribution in [1.82, 2.24) is 5.43 Å². The first-order chi connectivity index (χ1) is 14.7. The number of nitrogens with zero attached hydrogens (tertiary/aromatic N) is 1. The summed E-state index contributed by atoms with van der Waals surface area (Å²) in [6.45, 7) is 6.85. The molecule has 3 rings (SSSR count). The molecule has 3 aromatic rings. The van der Waals surface area contributed by atoms with E-state index in [1.807, 2.05) is 18.2 Å². The van der Waals surface area contributed by atoms with Gasteiger partial charge in [0.2, 0.25) is 0 Å². The maximum atomic E-state index is 12.3. The van der Waals surface area contributed by atoms with Crippen LogP contribution in [0.2, 0.25) is 10.0 Å². The average molecular weight is 455 g/mol. The first-order valence-electron chi connectivity index (χ1n) is 9.83. The number of carbonyl (C=O) groups excluding carboxylic acids is 1. The highest BCUT2D eigenvalue weighted by Crippen LogP contribution is 2.24. The van der Waals surface area contributed by atoms with Crippen LogP contribution in [0.5, 0.6) is 5.75 Å². The summed E-state index contributed by atoms with van der Waals surface area (Å²) >= 11 is 11.9. The molecule has 0 fully saturated rings. The minimum atomic E-state index is -0.293. The van der Waals surface area contributed by atoms with Gasteiger partial charge in [-0.3, -0.25) is 4.79 Å². The number of nitrogens with one attached hydrogen (secondary N) is 1. The Balaban J connectivity index is 1.52. The number of hydrogen-bond acceptors (Lipinski definition) is 3. The van der Waals surface area contributed by atoms with E-state index in [4.69, 9.17) is 27.9 Å². The second-order valence-electron chi connectivity index (χ2n) is 8.13. The van der Waals surface area contributed by atoms with Crippen LogP contribution in [0.3, 0.4) is 0 Å². The average Bonchev–Trinajstić information content (AvgIpc) is 2.74. The van der Waals surface area contributed by atoms with Crippen LogP contribution in [0.15, 0.2) is 71.8 Å². The van der Waals surface area contributed by atoms with E-state index < -0.39 is 0 Å². The summed E-state index contributed by atoms with van der Waals surface area (Å²) in [5, 5.41) is 5.04. The Morgan fingerprint density at radius 2 is 1.65 bits per heavy atom. The van der Waals surface area contributed by atoms with E-state index >= 15 is 0 Å². The molecule has 0 aliphatic carbocycles. The largest absolute Gasteiger partial charge is 0.489 e. The van der Waals surface area contributed by atoms with Gasteiger partial charge in [-0.25, -0.2) is 5.43 Å². The SMILES string of the molecule is CC(C)(C)c1ccc(/C=N\NC(=O)c2ccc(OCc3ccc(Cl)c(Cl)c3)cc2)cc1. The quantitative estimate of drug-likeness (QED) is 0.335. The summed E-state index contributed by atoms with van der Waals surface area (Å²) in [7, 11) is 0. The van der Waals surface area contributed by atoms with Crippen molar-refractivity contribution in [2.75, 3.05) is 0 Å². The number of halogens is 2. The predicted octanol–water partition coefficient (Wildman–Crippen LogP) is 6.63. The lowest BCUT2D eigenvalue weighted by Gasteiger charge is -2.18. The van der Waals surface area contributed by atoms with Crippen molar-refractivity contribution in [3.05, 3.63) is 99.0 Å². The van der Waals surface area contributed by atoms with Crippen LogP contribution in [0.1, 0.15) is 47.8 Å². The van der Waals surface area contributed by atoms with E-state index in [1.165, 1.54) is 5.56 Å². The molecule has 0 spiro atoms. The van der Waals surface area contributed by atoms with Gasteiger partial charge in [0.05, 0.1) is 16.3 Å². The summed E-state index contributed by atoms with van der Waals surface area (Å²) in [6.07, 6.45) is 1.62. The van der Waals surface area contributed by atoms with Crippen molar-refractivity contribution < 1.29 is 9.53 Å². The van der Waals surface area contributed by atoms with E-state index in [1.54, 1.807) is 42.6 Å². The summed E-state index contributed by atoms with van der Waals surface area (Å²) in [5.41, 5.74) is 6.20. The summed E-state index contributed by atoms with van der Waals surface area (Å²) < 4.78 is 5.73. The maximum absolute atomic E-state index is 12.3. The van der Waals surface area contributed by atoms with Gasteiger partial charge in [-0.2, -0.15) is 5.10 Å². The molecule has 4 nitrogen and oxygen atoms in total. The molecule has 1 N–H and O–H groups in total. The van der Waals surface area contributed by atoms with Crippen LogP contribution in [-0.4, -0.2) is 12.1 Å². The van der Waals surface area contributed by atoms with E-state index in [0.717, 1.165) is 11.1 Å². The lowest BCUT2D eigenvalue weighted by atomic mass is 9.87. The summed E-state index contributed by atoms with van der Waals surface area (Å²) in [6, 6.07) is 20.3. The van der Waals surface area contributed by atoms with Crippen LogP contribution >= 0.6 is 23.2 Å². The predicted molar refractivity (Wildman–Crippen MR) is 127 cm³/mol. The van der Waals surface area contributed by atoms with Crippen molar-refractivity contribution in [2.45, 2.75) is 32.8 Å². The number of amides is 1. The molecular formula is C25H24Cl2N2O2. The van der Waals surface area contributed by atoms with Gasteiger partial charge in [-0.05, 0) is 58.5 Å². The molecule has 31 heavy (non-hydrogen) atoms. The van der Waals surface area contributed by atoms with Crippen molar-refractivity contribution >= 4 is 35.3 Å². The highest BCUT2D eigenvalue weighted by molar-refractivity contribution is 6.42. The Kier molecular flexibility index (Phi) is 7.37. The number of hydrazone groups is 1. The third kappa shape index (κ3) is 6.58. The van der Waals surface area contributed by atoms with E-state index in [2.05, 4.69) is 43.4 Å². The van der Waals surface area contributed by atoms with Gasteiger partial charge in [0.25, 0.3) is 5.91 Å². The van der Waals surface area contributed by atoms with Gasteiger partial charge in [0.1, 0.15) is 12.4 Å². The second-order valence-corrected chi connectivity index (χ2v) is 8.95. The van der Waals surface area contributed by atoms with Crippen LogP contribution in [-0.2, 0) is 12.0 Å². The fourth-order valence-electron chi connectivity index (χ4n) is 2.80. The van der Waals surface area contributed by atoms with Crippen LogP contribution in [0.4, 0.5) is 0 Å². The Morgan fingerprint density at radius 1 is 0.968 bits per heavy atom. The normalized spacial score (nSPS) is 11.5. The summed E-state index contributed by atoms with van der Waals surface area (Å²) in [4.78, 5) is 12.3. The molecule has 0 saturated carbocycles. The van der Waals surface area contributed by atoms with Crippen LogP contribution < -0.4 is 10.2 Å². The maximum Gasteiger partial charge on any atom is 0.271 e. The highest BCUT2D eigenvalue weighted by atomic mass is 35.5. The molecule has 0 atom stereocenters. The third-order valence-electron chi connectivity index (χ3n) is 4.66. The Labute approximate surface area is 192 Å². The molecule has 0 radical (unpaired) electrons. The zero-order valence-corrected chi connectivity index (χ0v) is 19.2. The molecule has 0 heterocycles. The van der Waals surface area contributed by atoms with Crippen LogP contribution in [0, 0.1) is 0 Å². The minimum Gasteiger partial charge on any atom is -0.489 e. The molecule has 6 heteroatoms. The monoisotopic (exact) mass is 454 g/mol. The van der Waals surface area contributed by atoms with E-state index in [0.29, 0.717) is 28.0 Å². The molecule has 0 aliphatic heterocycles. The van der Waals surface area contributed by atoms with Crippen molar-refractivity contribution in [3.63, 3.8) is 0 Å². The molecule has 1 amide bonds. The van der Waals surface area contributed by atoms with Gasteiger partial charge in [0, 0.05) is 5.56 Å². The number of rotatable bonds is 6. The fraction of sp³-hybridized carbons (Fsp3) is 0.200. The molecule has 0 aromatic heterocycles. The Bertz CT molecular complexity index is 1070. The van der Waals surface area contributed by atoms with E-state index in [9.17, 15) is 4.79 Å². The van der Waals surface area contributed by atoms with Crippen molar-refractivity contribution in [3.8, 4) is 5.75 Å². The zero-order chi connectivity index (χ0) is 22.4. The van der Waals surface area contributed by atoms with Gasteiger partial charge in [-0.15, -0.1) is 0 Å². The topological polar surface area (TPSA) is 50.7 Å². The van der Waals surface area contributed by atoms with Gasteiger partial charge < -0.3 is 4.74 Å². The molecule has 0 bridgehead atoms. The number of ether oxygens (including phenoxy) is 1. The highest BCUT2D eigenvalue weighted by Gasteiger charge is 2.12. The molecular weight excluding hydrogens is 431 g/mol. The molecule has 3 aromatic carbocycles. The zero-order valence-electron chi connectivity index (χ0n) is 17.7. The first-order valence-corrected chi connectivity index (χ1v) is 10.6. The van der Waals surface area contributed by atoms with E-state index in [-0.39, 0.29) is 11.3 Å². The third-order valence-corrected chi connectivity index (χ3v) is 5.40. The lowest BCUT2D eigenvalue weighted by molar-refractivity contribution is 0.0955. The van der Waals surface area contributed by atoms with Gasteiger partial charge >= 0.3 is 0 Å². The molecule has 0 saturated heterocycles. The fourth-order valence-corrected chi connectivity index (χ4v) is 3.12. The number of carbonyl (C=O) groups is 1. The number of hydrogen-bond donors (Lipinski definition) is 1. The number of benzene rings is 3. The lowest BCUT2D eigenvalue weighted by Crippen LogP contribution is -2.17. The standard InChI is InChI=1S/C25H24Cl2N2O2/c1-25(2,3)20-9-4-17(5-10-20)15-28-29-24(30)19-7-11-21(12-8-19)31-16-18-6-13-22(26)23(27)14-18/h4-15H,16H2,1-3H3,(H,29,30)/b28-15-. The molecule has 0 aliphatic rings. The molecule has 160 valence electrons. The first kappa shape index (κ1) is 22.9. The molecule has 0 unspecified atom stereocenters. The van der Waals surface area contributed by atoms with Gasteiger partial charge in [-0.1, -0.05) is 74.3 Å². The smallest absolute Gasteiger partial charge is 0.271 e. The Morgan fingerprint density at radius 3 is 2.26 bits per heavy atom. The second kappa shape index (κ2) is 9.99. The minimum absolute atomic E-state index is 0.0988. The summed E-state index contributed by atoms with van der Waals surface area (Å²) in [5.74, 6) is 0.351. The Hall–Kier alpha value is -2.82. The van der Waals surface area contributed by atoms with Crippen molar-refractivity contribution in [1.29, 1.82) is 0 Å². The van der Waals surface area contributed by atoms with Crippen LogP contribution in [0.25, 0.3) is 0 Å². The van der Waals surface area contributed by atoms with Crippen molar-refractivity contribution in [2.24, 2.45) is 5.10 Å². The van der Waals surface area contributed by atoms with Gasteiger partial charge in [0.15, 0.2) is 0 Å².